The van der Waals surface area contributed by atoms with Crippen LogP contribution in [-0.2, 0) is 18.3 Å². The Kier molecular flexibility index (Phi) is 5.74. The number of para-hydroxylation sites is 2. The SMILES string of the molecule is CC1(C)c2ccccc2N(c2ccc3cc4c(cc3c2)Cc2ccc(-c3cc(C#N)cc(C#N)c3)cc2C4)c2ccccc21. The van der Waals surface area contributed by atoms with Crippen LogP contribution in [0.5, 0.6) is 0 Å². The standard InChI is InChI=1S/C41H29N3/c1-41(2)37-7-3-5-9-39(37)44(40-10-6-4-8-38(40)41)36-14-13-30-20-33-21-32-18-28(31-16-26(24-42)15-27(17-31)25-43)11-12-29(32)19-34(33)22-35(30)23-36/h3-18,20,22-23H,19,21H2,1-2H3. The van der Waals surface area contributed by atoms with Crippen LogP contribution in [0.3, 0.4) is 0 Å². The molecule has 0 amide bonds. The van der Waals surface area contributed by atoms with Gasteiger partial charge in [-0.3, -0.25) is 0 Å². The van der Waals surface area contributed by atoms with Crippen molar-refractivity contribution in [2.75, 3.05) is 4.90 Å². The molecule has 0 atom stereocenters. The minimum Gasteiger partial charge on any atom is -0.310 e. The second kappa shape index (κ2) is 9.70. The van der Waals surface area contributed by atoms with Gasteiger partial charge in [0.1, 0.15) is 0 Å². The molecule has 0 saturated heterocycles. The molecule has 3 nitrogen and oxygen atoms in total. The van der Waals surface area contributed by atoms with Crippen LogP contribution in [0.15, 0.2) is 115 Å². The van der Waals surface area contributed by atoms with E-state index in [9.17, 15) is 10.5 Å². The fraction of sp³-hybridized carbons (Fsp3) is 0.122. The Morgan fingerprint density at radius 2 is 1.14 bits per heavy atom. The van der Waals surface area contributed by atoms with E-state index < -0.39 is 0 Å². The zero-order chi connectivity index (χ0) is 30.0. The quantitative estimate of drug-likeness (QED) is 0.210. The van der Waals surface area contributed by atoms with Crippen LogP contribution in [0.25, 0.3) is 21.9 Å². The maximum atomic E-state index is 9.45. The third-order valence-corrected chi connectivity index (χ3v) is 9.53. The lowest BCUT2D eigenvalue weighted by Crippen LogP contribution is -2.30. The molecule has 0 N–H and O–H groups in total. The molecule has 1 aliphatic carbocycles. The summed E-state index contributed by atoms with van der Waals surface area (Å²) in [5, 5.41) is 21.4. The van der Waals surface area contributed by atoms with Gasteiger partial charge in [0, 0.05) is 11.1 Å². The number of hydrogen-bond donors (Lipinski definition) is 0. The third-order valence-electron chi connectivity index (χ3n) is 9.53. The van der Waals surface area contributed by atoms with Gasteiger partial charge in [0.25, 0.3) is 0 Å². The van der Waals surface area contributed by atoms with Crippen LogP contribution in [0.1, 0.15) is 58.4 Å². The fourth-order valence-corrected chi connectivity index (χ4v) is 7.27. The van der Waals surface area contributed by atoms with Crippen molar-refractivity contribution in [3.63, 3.8) is 0 Å². The highest BCUT2D eigenvalue weighted by Crippen LogP contribution is 2.52. The molecule has 8 rings (SSSR count). The highest BCUT2D eigenvalue weighted by Gasteiger charge is 2.36. The first kappa shape index (κ1) is 26.0. The van der Waals surface area contributed by atoms with Gasteiger partial charge in [-0.25, -0.2) is 0 Å². The highest BCUT2D eigenvalue weighted by molar-refractivity contribution is 5.93. The van der Waals surface area contributed by atoms with E-state index in [2.05, 4.69) is 128 Å². The van der Waals surface area contributed by atoms with Gasteiger partial charge in [0.05, 0.1) is 34.6 Å². The lowest BCUT2D eigenvalue weighted by molar-refractivity contribution is 0.632. The Labute approximate surface area is 257 Å². The molecule has 6 aromatic rings. The average molecular weight is 564 g/mol. The van der Waals surface area contributed by atoms with E-state index in [1.807, 2.05) is 12.1 Å². The molecule has 0 fully saturated rings. The van der Waals surface area contributed by atoms with Crippen molar-refractivity contribution in [2.24, 2.45) is 0 Å². The molecular weight excluding hydrogens is 534 g/mol. The van der Waals surface area contributed by atoms with Crippen molar-refractivity contribution in [3.05, 3.63) is 160 Å². The molecule has 0 radical (unpaired) electrons. The molecule has 0 saturated carbocycles. The molecule has 2 aliphatic rings. The molecule has 6 aromatic carbocycles. The molecule has 0 spiro atoms. The van der Waals surface area contributed by atoms with Gasteiger partial charge in [0.2, 0.25) is 0 Å². The van der Waals surface area contributed by atoms with Gasteiger partial charge >= 0.3 is 0 Å². The number of nitrogens with zero attached hydrogens (tertiary/aromatic N) is 3. The second-order valence-corrected chi connectivity index (χ2v) is 12.5. The number of anilines is 3. The number of hydrogen-bond acceptors (Lipinski definition) is 3. The Morgan fingerprint density at radius 1 is 0.545 bits per heavy atom. The summed E-state index contributed by atoms with van der Waals surface area (Å²) >= 11 is 0. The summed E-state index contributed by atoms with van der Waals surface area (Å²) in [6, 6.07) is 45.5. The smallest absolute Gasteiger partial charge is 0.0992 e. The predicted octanol–water partition coefficient (Wildman–Crippen LogP) is 9.85. The van der Waals surface area contributed by atoms with Crippen molar-refractivity contribution in [2.45, 2.75) is 32.1 Å². The lowest BCUT2D eigenvalue weighted by Gasteiger charge is -2.42. The van der Waals surface area contributed by atoms with E-state index in [1.54, 1.807) is 6.07 Å². The van der Waals surface area contributed by atoms with E-state index >= 15 is 0 Å². The highest BCUT2D eigenvalue weighted by atomic mass is 15.2. The van der Waals surface area contributed by atoms with Crippen LogP contribution in [0.2, 0.25) is 0 Å². The largest absolute Gasteiger partial charge is 0.310 e. The summed E-state index contributed by atoms with van der Waals surface area (Å²) in [6.07, 6.45) is 1.75. The summed E-state index contributed by atoms with van der Waals surface area (Å²) < 4.78 is 0. The van der Waals surface area contributed by atoms with Gasteiger partial charge in [-0.15, -0.1) is 0 Å². The van der Waals surface area contributed by atoms with Crippen LogP contribution in [-0.4, -0.2) is 0 Å². The summed E-state index contributed by atoms with van der Waals surface area (Å²) in [5.41, 5.74) is 14.6. The summed E-state index contributed by atoms with van der Waals surface area (Å²) in [6.45, 7) is 4.64. The maximum Gasteiger partial charge on any atom is 0.0992 e. The summed E-state index contributed by atoms with van der Waals surface area (Å²) in [7, 11) is 0. The van der Waals surface area contributed by atoms with Crippen LogP contribution in [0.4, 0.5) is 17.1 Å². The molecule has 3 heteroatoms. The molecule has 208 valence electrons. The Morgan fingerprint density at radius 3 is 1.80 bits per heavy atom. The molecule has 1 aliphatic heterocycles. The van der Waals surface area contributed by atoms with E-state index in [-0.39, 0.29) is 5.41 Å². The topological polar surface area (TPSA) is 50.8 Å². The van der Waals surface area contributed by atoms with Gasteiger partial charge in [-0.2, -0.15) is 10.5 Å². The molecule has 44 heavy (non-hydrogen) atoms. The van der Waals surface area contributed by atoms with Gasteiger partial charge < -0.3 is 4.90 Å². The Bertz CT molecular complexity index is 2160. The monoisotopic (exact) mass is 563 g/mol. The van der Waals surface area contributed by atoms with Crippen LogP contribution in [0, 0.1) is 22.7 Å². The van der Waals surface area contributed by atoms with Gasteiger partial charge in [0.15, 0.2) is 0 Å². The van der Waals surface area contributed by atoms with E-state index in [0.29, 0.717) is 11.1 Å². The van der Waals surface area contributed by atoms with Crippen molar-refractivity contribution >= 4 is 27.8 Å². The first-order valence-electron chi connectivity index (χ1n) is 15.0. The average Bonchev–Trinajstić information content (AvgIpc) is 3.06. The van der Waals surface area contributed by atoms with E-state index in [0.717, 1.165) is 24.0 Å². The van der Waals surface area contributed by atoms with Crippen molar-refractivity contribution in [3.8, 4) is 23.3 Å². The number of benzene rings is 6. The minimum absolute atomic E-state index is 0.0800. The number of fused-ring (bicyclic) bond motifs is 5. The van der Waals surface area contributed by atoms with Crippen molar-refractivity contribution < 1.29 is 0 Å². The lowest BCUT2D eigenvalue weighted by atomic mass is 9.73. The van der Waals surface area contributed by atoms with Gasteiger partial charge in [-0.05, 0) is 111 Å². The first-order chi connectivity index (χ1) is 21.4. The normalized spacial score (nSPS) is 14.0. The predicted molar refractivity (Wildman–Crippen MR) is 178 cm³/mol. The Balaban J connectivity index is 1.18. The summed E-state index contributed by atoms with van der Waals surface area (Å²) in [4.78, 5) is 2.42. The Hall–Kier alpha value is -5.64. The van der Waals surface area contributed by atoms with Crippen LogP contribution >= 0.6 is 0 Å². The van der Waals surface area contributed by atoms with Crippen molar-refractivity contribution in [1.82, 2.24) is 0 Å². The third kappa shape index (κ3) is 4.02. The number of nitriles is 2. The number of rotatable bonds is 2. The van der Waals surface area contributed by atoms with E-state index in [4.69, 9.17) is 0 Å². The minimum atomic E-state index is -0.0800. The molecule has 1 heterocycles. The molecule has 0 unspecified atom stereocenters. The summed E-state index contributed by atoms with van der Waals surface area (Å²) in [5.74, 6) is 0. The van der Waals surface area contributed by atoms with Crippen molar-refractivity contribution in [1.29, 1.82) is 10.5 Å². The van der Waals surface area contributed by atoms with E-state index in [1.165, 1.54) is 61.2 Å². The van der Waals surface area contributed by atoms with Crippen LogP contribution < -0.4 is 4.90 Å². The molecule has 0 bridgehead atoms. The molecule has 0 aromatic heterocycles. The zero-order valence-corrected chi connectivity index (χ0v) is 24.7. The fourth-order valence-electron chi connectivity index (χ4n) is 7.27. The maximum absolute atomic E-state index is 9.45. The molecular formula is C41H29N3. The second-order valence-electron chi connectivity index (χ2n) is 12.5. The first-order valence-corrected chi connectivity index (χ1v) is 15.0. The zero-order valence-electron chi connectivity index (χ0n) is 24.7. The van der Waals surface area contributed by atoms with Gasteiger partial charge in [-0.1, -0.05) is 86.6 Å².